The Morgan fingerprint density at radius 2 is 2.04 bits per heavy atom. The van der Waals surface area contributed by atoms with Crippen molar-refractivity contribution in [1.82, 2.24) is 4.90 Å². The molecule has 0 amide bonds. The molecule has 144 valence electrons. The third kappa shape index (κ3) is 4.42. The lowest BCUT2D eigenvalue weighted by atomic mass is 9.98. The molecule has 1 aliphatic heterocycles. The fourth-order valence-corrected chi connectivity index (χ4v) is 3.47. The van der Waals surface area contributed by atoms with E-state index in [1.807, 2.05) is 31.2 Å². The van der Waals surface area contributed by atoms with E-state index in [9.17, 15) is 9.18 Å². The Bertz CT molecular complexity index is 824. The number of alkyl halides is 1. The van der Waals surface area contributed by atoms with E-state index >= 15 is 0 Å². The largest absolute Gasteiger partial charge is 0.481 e. The molecule has 1 unspecified atom stereocenters. The van der Waals surface area contributed by atoms with Crippen molar-refractivity contribution in [2.24, 2.45) is 5.92 Å². The van der Waals surface area contributed by atoms with Crippen molar-refractivity contribution in [2.45, 2.75) is 32.6 Å². The summed E-state index contributed by atoms with van der Waals surface area (Å²) in [6.07, 6.45) is -0.420. The summed E-state index contributed by atoms with van der Waals surface area (Å²) in [7, 11) is 0. The fraction of sp³-hybridized carbons (Fsp3) is 0.381. The number of hydrogen-bond acceptors (Lipinski definition) is 3. The van der Waals surface area contributed by atoms with E-state index in [0.29, 0.717) is 5.56 Å². The maximum absolute atomic E-state index is 14.7. The molecule has 1 saturated heterocycles. The molecule has 0 radical (unpaired) electrons. The minimum atomic E-state index is -1.29. The molecule has 2 N–H and O–H groups in total. The van der Waals surface area contributed by atoms with Crippen molar-refractivity contribution in [2.75, 3.05) is 18.4 Å². The molecule has 4 nitrogen and oxygen atoms in total. The molecule has 0 aromatic heterocycles. The van der Waals surface area contributed by atoms with Crippen molar-refractivity contribution < 1.29 is 14.3 Å². The highest BCUT2D eigenvalue weighted by Crippen LogP contribution is 2.32. The van der Waals surface area contributed by atoms with Crippen LogP contribution in [0.3, 0.4) is 0 Å². The van der Waals surface area contributed by atoms with Gasteiger partial charge < -0.3 is 10.4 Å². The number of carbonyl (C=O) groups is 1. The number of nitrogens with one attached hydrogen (secondary N) is 1. The first kappa shape index (κ1) is 19.6. The van der Waals surface area contributed by atoms with Crippen LogP contribution in [0, 0.1) is 12.8 Å². The number of anilines is 1. The predicted octanol–water partition coefficient (Wildman–Crippen LogP) is 5.20. The molecule has 0 bridgehead atoms. The zero-order chi connectivity index (χ0) is 19.6. The Kier molecular flexibility index (Phi) is 6.02. The zero-order valence-corrected chi connectivity index (χ0v) is 16.2. The number of carboxylic acids is 1. The molecule has 1 heterocycles. The monoisotopic (exact) mass is 390 g/mol. The van der Waals surface area contributed by atoms with Gasteiger partial charge in [0.2, 0.25) is 0 Å². The molecule has 6 heteroatoms. The summed E-state index contributed by atoms with van der Waals surface area (Å²) in [4.78, 5) is 12.4. The highest BCUT2D eigenvalue weighted by Gasteiger charge is 2.37. The molecule has 1 fully saturated rings. The molecule has 1 aliphatic rings. The number of halogens is 2. The number of aliphatic carboxylic acids is 1. The standard InChI is InChI=1S/C21H24ClFN2O2/c1-3-19(14-7-8-18(22)13(2)9-14)24-17-6-4-5-15(10-17)20(23)25-11-16(12-25)21(26)27/h4-10,16,19-20,24H,3,11-12H2,1-2H3,(H,26,27)/t19-,20?/m1/s1. The number of likely N-dealkylation sites (tertiary alicyclic amines) is 1. The Hall–Kier alpha value is -2.11. The zero-order valence-electron chi connectivity index (χ0n) is 15.5. The first-order valence-electron chi connectivity index (χ1n) is 9.12. The van der Waals surface area contributed by atoms with Gasteiger partial charge in [-0.1, -0.05) is 42.8 Å². The summed E-state index contributed by atoms with van der Waals surface area (Å²) in [6.45, 7) is 4.56. The highest BCUT2D eigenvalue weighted by molar-refractivity contribution is 6.31. The van der Waals surface area contributed by atoms with Gasteiger partial charge in [0.15, 0.2) is 6.30 Å². The van der Waals surface area contributed by atoms with Crippen molar-refractivity contribution in [1.29, 1.82) is 0 Å². The quantitative estimate of drug-likeness (QED) is 0.638. The number of benzene rings is 2. The van der Waals surface area contributed by atoms with Gasteiger partial charge in [-0.25, -0.2) is 4.39 Å². The van der Waals surface area contributed by atoms with Crippen LogP contribution in [0.1, 0.15) is 42.4 Å². The topological polar surface area (TPSA) is 52.6 Å². The van der Waals surface area contributed by atoms with E-state index < -0.39 is 18.2 Å². The summed E-state index contributed by atoms with van der Waals surface area (Å²) in [5, 5.41) is 13.2. The third-order valence-corrected chi connectivity index (χ3v) is 5.50. The van der Waals surface area contributed by atoms with E-state index in [1.54, 1.807) is 12.1 Å². The SMILES string of the molecule is CC[C@@H](Nc1cccc(C(F)N2CC(C(=O)O)C2)c1)c1ccc(Cl)c(C)c1. The third-order valence-electron chi connectivity index (χ3n) is 5.07. The summed E-state index contributed by atoms with van der Waals surface area (Å²) in [6, 6.07) is 13.3. The van der Waals surface area contributed by atoms with Gasteiger partial charge in [0, 0.05) is 29.4 Å². The maximum Gasteiger partial charge on any atom is 0.309 e. The van der Waals surface area contributed by atoms with E-state index in [-0.39, 0.29) is 19.1 Å². The van der Waals surface area contributed by atoms with Crippen LogP contribution in [0.2, 0.25) is 5.02 Å². The molecule has 2 atom stereocenters. The Labute approximate surface area is 164 Å². The minimum Gasteiger partial charge on any atom is -0.481 e. The van der Waals surface area contributed by atoms with Crippen molar-refractivity contribution >= 4 is 23.3 Å². The second-order valence-electron chi connectivity index (χ2n) is 7.06. The molecule has 0 aliphatic carbocycles. The van der Waals surface area contributed by atoms with Gasteiger partial charge >= 0.3 is 5.97 Å². The van der Waals surface area contributed by atoms with E-state index in [1.165, 1.54) is 4.90 Å². The van der Waals surface area contributed by atoms with Gasteiger partial charge in [-0.2, -0.15) is 0 Å². The van der Waals surface area contributed by atoms with Crippen LogP contribution in [-0.4, -0.2) is 29.1 Å². The molecular weight excluding hydrogens is 367 g/mol. The van der Waals surface area contributed by atoms with E-state index in [4.69, 9.17) is 16.7 Å². The smallest absolute Gasteiger partial charge is 0.309 e. The van der Waals surface area contributed by atoms with Gasteiger partial charge in [0.1, 0.15) is 0 Å². The average molecular weight is 391 g/mol. The minimum absolute atomic E-state index is 0.0923. The number of rotatable bonds is 7. The fourth-order valence-electron chi connectivity index (χ4n) is 3.35. The van der Waals surface area contributed by atoms with Crippen LogP contribution >= 0.6 is 11.6 Å². The maximum atomic E-state index is 14.7. The first-order chi connectivity index (χ1) is 12.9. The molecule has 0 saturated carbocycles. The van der Waals surface area contributed by atoms with Gasteiger partial charge in [-0.15, -0.1) is 0 Å². The van der Waals surface area contributed by atoms with Gasteiger partial charge in [-0.05, 0) is 42.7 Å². The van der Waals surface area contributed by atoms with Crippen LogP contribution in [0.15, 0.2) is 42.5 Å². The lowest BCUT2D eigenvalue weighted by Gasteiger charge is -2.38. The highest BCUT2D eigenvalue weighted by atomic mass is 35.5. The number of aryl methyl sites for hydroxylation is 1. The van der Waals surface area contributed by atoms with Crippen molar-refractivity contribution in [3.05, 3.63) is 64.2 Å². The summed E-state index contributed by atoms with van der Waals surface area (Å²) >= 11 is 6.12. The van der Waals surface area contributed by atoms with Crippen LogP contribution < -0.4 is 5.32 Å². The second kappa shape index (κ2) is 8.28. The van der Waals surface area contributed by atoms with Crippen LogP contribution in [-0.2, 0) is 4.79 Å². The molecule has 3 rings (SSSR count). The van der Waals surface area contributed by atoms with E-state index in [2.05, 4.69) is 18.3 Å². The second-order valence-corrected chi connectivity index (χ2v) is 7.47. The van der Waals surface area contributed by atoms with Gasteiger partial charge in [-0.3, -0.25) is 9.69 Å². The predicted molar refractivity (Wildman–Crippen MR) is 106 cm³/mol. The van der Waals surface area contributed by atoms with Crippen LogP contribution in [0.5, 0.6) is 0 Å². The lowest BCUT2D eigenvalue weighted by molar-refractivity contribution is -0.151. The first-order valence-corrected chi connectivity index (χ1v) is 9.50. The van der Waals surface area contributed by atoms with E-state index in [0.717, 1.165) is 28.3 Å². The number of nitrogens with zero attached hydrogens (tertiary/aromatic N) is 1. The summed E-state index contributed by atoms with van der Waals surface area (Å²) < 4.78 is 14.7. The Morgan fingerprint density at radius 3 is 2.67 bits per heavy atom. The van der Waals surface area contributed by atoms with Crippen molar-refractivity contribution in [3.63, 3.8) is 0 Å². The summed E-state index contributed by atoms with van der Waals surface area (Å²) in [5.74, 6) is -1.33. The Morgan fingerprint density at radius 1 is 1.30 bits per heavy atom. The van der Waals surface area contributed by atoms with Gasteiger partial charge in [0.05, 0.1) is 12.0 Å². The normalized spacial score (nSPS) is 17.2. The molecular formula is C21H24ClFN2O2. The van der Waals surface area contributed by atoms with Crippen molar-refractivity contribution in [3.8, 4) is 0 Å². The number of hydrogen-bond donors (Lipinski definition) is 2. The average Bonchev–Trinajstić information content (AvgIpc) is 2.60. The number of carboxylic acid groups (broad SMARTS) is 1. The van der Waals surface area contributed by atoms with Crippen LogP contribution in [0.25, 0.3) is 0 Å². The molecule has 2 aromatic carbocycles. The summed E-state index contributed by atoms with van der Waals surface area (Å²) in [5.41, 5.74) is 3.53. The molecule has 0 spiro atoms. The Balaban J connectivity index is 1.71. The molecule has 2 aromatic rings. The van der Waals surface area contributed by atoms with Gasteiger partial charge in [0.25, 0.3) is 0 Å². The van der Waals surface area contributed by atoms with Crippen LogP contribution in [0.4, 0.5) is 10.1 Å². The lowest BCUT2D eigenvalue weighted by Crippen LogP contribution is -2.50. The molecule has 27 heavy (non-hydrogen) atoms.